The second-order valence-electron chi connectivity index (χ2n) is 6.79. The molecule has 0 bridgehead atoms. The van der Waals surface area contributed by atoms with Crippen LogP contribution in [-0.2, 0) is 0 Å². The molecule has 0 amide bonds. The molecule has 0 aromatic heterocycles. The number of unbranched alkanes of at least 4 members (excludes halogenated alkanes) is 10. The minimum absolute atomic E-state index is 0.895. The third-order valence-corrected chi connectivity index (χ3v) is 3.79. The molecule has 0 aromatic carbocycles. The molecule has 0 fully saturated rings. The summed E-state index contributed by atoms with van der Waals surface area (Å²) in [6.45, 7) is 9.05. The van der Waals surface area contributed by atoms with Gasteiger partial charge < -0.3 is 0 Å². The van der Waals surface area contributed by atoms with Crippen LogP contribution in [0.4, 0.5) is 0 Å². The van der Waals surface area contributed by atoms with Crippen molar-refractivity contribution in [1.82, 2.24) is 0 Å². The minimum atomic E-state index is 0.895. The van der Waals surface area contributed by atoms with Crippen LogP contribution in [0.3, 0.4) is 0 Å². The van der Waals surface area contributed by atoms with E-state index < -0.39 is 0 Å². The lowest BCUT2D eigenvalue weighted by Gasteiger charge is -2.04. The van der Waals surface area contributed by atoms with Gasteiger partial charge in [-0.05, 0) is 32.6 Å². The van der Waals surface area contributed by atoms with E-state index in [0.717, 1.165) is 5.92 Å². The first-order valence-electron chi connectivity index (χ1n) is 8.76. The molecule has 114 valence electrons. The quantitative estimate of drug-likeness (QED) is 0.242. The zero-order valence-electron chi connectivity index (χ0n) is 14.1. The second kappa shape index (κ2) is 14.2. The second-order valence-corrected chi connectivity index (χ2v) is 6.79. The maximum Gasteiger partial charge on any atom is -0.0348 e. The van der Waals surface area contributed by atoms with Crippen molar-refractivity contribution in [3.8, 4) is 0 Å². The van der Waals surface area contributed by atoms with Crippen molar-refractivity contribution in [3.05, 3.63) is 11.6 Å². The van der Waals surface area contributed by atoms with E-state index in [1.165, 1.54) is 82.6 Å². The van der Waals surface area contributed by atoms with Crippen molar-refractivity contribution in [2.75, 3.05) is 0 Å². The van der Waals surface area contributed by atoms with Gasteiger partial charge in [0.25, 0.3) is 0 Å². The molecule has 0 saturated carbocycles. The summed E-state index contributed by atoms with van der Waals surface area (Å²) in [5.41, 5.74) is 1.47. The Morgan fingerprint density at radius 3 is 1.53 bits per heavy atom. The van der Waals surface area contributed by atoms with Crippen LogP contribution < -0.4 is 0 Å². The largest absolute Gasteiger partial charge is 0.0859 e. The van der Waals surface area contributed by atoms with Crippen LogP contribution in [0.1, 0.15) is 105 Å². The Bertz CT molecular complexity index is 196. The molecule has 0 aliphatic heterocycles. The van der Waals surface area contributed by atoms with Crippen LogP contribution in [0.15, 0.2) is 11.6 Å². The smallest absolute Gasteiger partial charge is 0.0348 e. The lowest BCUT2D eigenvalue weighted by Crippen LogP contribution is -1.87. The van der Waals surface area contributed by atoms with Crippen LogP contribution in [0.25, 0.3) is 0 Å². The number of rotatable bonds is 13. The standard InChI is InChI=1S/C19H38/c1-18(2)16-14-12-10-8-6-5-7-9-11-13-15-17-19(3)4/h16,19H,5-15,17H2,1-4H3. The molecular formula is C19H38. The highest BCUT2D eigenvalue weighted by Crippen LogP contribution is 2.13. The minimum Gasteiger partial charge on any atom is -0.0859 e. The van der Waals surface area contributed by atoms with Gasteiger partial charge in [-0.1, -0.05) is 89.7 Å². The topological polar surface area (TPSA) is 0 Å². The Balaban J connectivity index is 3.01. The summed E-state index contributed by atoms with van der Waals surface area (Å²) in [4.78, 5) is 0. The summed E-state index contributed by atoms with van der Waals surface area (Å²) in [5, 5.41) is 0. The third kappa shape index (κ3) is 17.7. The molecule has 0 aliphatic rings. The first-order chi connectivity index (χ1) is 9.13. The average molecular weight is 267 g/mol. The van der Waals surface area contributed by atoms with Gasteiger partial charge in [-0.15, -0.1) is 0 Å². The first kappa shape index (κ1) is 18.7. The van der Waals surface area contributed by atoms with Gasteiger partial charge in [0.2, 0.25) is 0 Å². The molecule has 0 spiro atoms. The summed E-state index contributed by atoms with van der Waals surface area (Å²) < 4.78 is 0. The van der Waals surface area contributed by atoms with E-state index in [1.54, 1.807) is 0 Å². The SMILES string of the molecule is CC(C)=CCCCCCCCCCCCCC(C)C. The van der Waals surface area contributed by atoms with Crippen LogP contribution in [-0.4, -0.2) is 0 Å². The van der Waals surface area contributed by atoms with Crippen LogP contribution >= 0.6 is 0 Å². The van der Waals surface area contributed by atoms with Crippen LogP contribution in [0, 0.1) is 5.92 Å². The van der Waals surface area contributed by atoms with Crippen LogP contribution in [0.2, 0.25) is 0 Å². The van der Waals surface area contributed by atoms with E-state index in [4.69, 9.17) is 0 Å². The van der Waals surface area contributed by atoms with E-state index in [2.05, 4.69) is 33.8 Å². The molecule has 0 radical (unpaired) electrons. The van der Waals surface area contributed by atoms with Gasteiger partial charge in [-0.3, -0.25) is 0 Å². The summed E-state index contributed by atoms with van der Waals surface area (Å²) in [5.74, 6) is 0.895. The Labute approximate surface area is 123 Å². The van der Waals surface area contributed by atoms with Gasteiger partial charge in [0.15, 0.2) is 0 Å². The van der Waals surface area contributed by atoms with Crippen molar-refractivity contribution in [2.24, 2.45) is 5.92 Å². The Morgan fingerprint density at radius 1 is 0.684 bits per heavy atom. The molecule has 19 heavy (non-hydrogen) atoms. The molecule has 0 aliphatic carbocycles. The van der Waals surface area contributed by atoms with Crippen molar-refractivity contribution in [3.63, 3.8) is 0 Å². The average Bonchev–Trinajstić information content (AvgIpc) is 2.34. The zero-order valence-corrected chi connectivity index (χ0v) is 14.1. The van der Waals surface area contributed by atoms with Gasteiger partial charge >= 0.3 is 0 Å². The van der Waals surface area contributed by atoms with Gasteiger partial charge in [-0.2, -0.15) is 0 Å². The van der Waals surface area contributed by atoms with Crippen molar-refractivity contribution >= 4 is 0 Å². The fourth-order valence-corrected chi connectivity index (χ4v) is 2.50. The Kier molecular flexibility index (Phi) is 14.0. The van der Waals surface area contributed by atoms with E-state index in [0.29, 0.717) is 0 Å². The Hall–Kier alpha value is -0.260. The molecule has 0 N–H and O–H groups in total. The van der Waals surface area contributed by atoms with E-state index in [-0.39, 0.29) is 0 Å². The molecule has 0 nitrogen and oxygen atoms in total. The summed E-state index contributed by atoms with van der Waals surface area (Å²) >= 11 is 0. The van der Waals surface area contributed by atoms with Crippen LogP contribution in [0.5, 0.6) is 0 Å². The molecular weight excluding hydrogens is 228 g/mol. The highest BCUT2D eigenvalue weighted by molar-refractivity contribution is 4.92. The first-order valence-corrected chi connectivity index (χ1v) is 8.76. The van der Waals surface area contributed by atoms with Gasteiger partial charge in [0.1, 0.15) is 0 Å². The molecule has 0 rings (SSSR count). The monoisotopic (exact) mass is 266 g/mol. The zero-order chi connectivity index (χ0) is 14.3. The summed E-state index contributed by atoms with van der Waals surface area (Å²) in [6.07, 6.45) is 19.6. The van der Waals surface area contributed by atoms with Gasteiger partial charge in [0.05, 0.1) is 0 Å². The lowest BCUT2D eigenvalue weighted by atomic mass is 10.0. The van der Waals surface area contributed by atoms with Crippen molar-refractivity contribution in [2.45, 2.75) is 105 Å². The fourth-order valence-electron chi connectivity index (χ4n) is 2.50. The lowest BCUT2D eigenvalue weighted by molar-refractivity contribution is 0.505. The molecule has 0 unspecified atom stereocenters. The predicted molar refractivity (Wildman–Crippen MR) is 89.7 cm³/mol. The predicted octanol–water partition coefficient (Wildman–Crippen LogP) is 7.29. The molecule has 0 atom stereocenters. The number of hydrogen-bond donors (Lipinski definition) is 0. The van der Waals surface area contributed by atoms with Crippen molar-refractivity contribution < 1.29 is 0 Å². The van der Waals surface area contributed by atoms with Gasteiger partial charge in [-0.25, -0.2) is 0 Å². The van der Waals surface area contributed by atoms with E-state index in [1.807, 2.05) is 0 Å². The molecule has 0 saturated heterocycles. The Morgan fingerprint density at radius 2 is 1.11 bits per heavy atom. The summed E-state index contributed by atoms with van der Waals surface area (Å²) in [7, 11) is 0. The fraction of sp³-hybridized carbons (Fsp3) is 0.895. The van der Waals surface area contributed by atoms with E-state index >= 15 is 0 Å². The summed E-state index contributed by atoms with van der Waals surface area (Å²) in [6, 6.07) is 0. The maximum atomic E-state index is 2.37. The maximum absolute atomic E-state index is 2.37. The molecule has 0 aromatic rings. The molecule has 0 heterocycles. The number of allylic oxidation sites excluding steroid dienone is 2. The highest BCUT2D eigenvalue weighted by Gasteiger charge is 1.95. The van der Waals surface area contributed by atoms with Gasteiger partial charge in [0, 0.05) is 0 Å². The van der Waals surface area contributed by atoms with Crippen molar-refractivity contribution in [1.29, 1.82) is 0 Å². The highest BCUT2D eigenvalue weighted by atomic mass is 14.0. The van der Waals surface area contributed by atoms with E-state index in [9.17, 15) is 0 Å². The third-order valence-electron chi connectivity index (χ3n) is 3.79. The number of hydrogen-bond acceptors (Lipinski definition) is 0. The normalized spacial score (nSPS) is 11.0. The molecule has 0 heteroatoms.